The summed E-state index contributed by atoms with van der Waals surface area (Å²) >= 11 is -3.16. The molecule has 1 aromatic rings. The van der Waals surface area contributed by atoms with E-state index in [4.69, 9.17) is 6.98 Å². The van der Waals surface area contributed by atoms with Crippen LogP contribution in [0.4, 0.5) is 10.1 Å². The molecular formula is C12H17FN2O2S. The van der Waals surface area contributed by atoms with E-state index in [0.29, 0.717) is 0 Å². The van der Waals surface area contributed by atoms with Crippen LogP contribution in [0.25, 0.3) is 0 Å². The molecule has 1 aromatic carbocycles. The molecule has 2 rings (SSSR count). The van der Waals surface area contributed by atoms with Gasteiger partial charge in [-0.15, -0.1) is 11.9 Å². The first-order valence-electron chi connectivity index (χ1n) is 6.44. The van der Waals surface area contributed by atoms with Crippen LogP contribution in [0.2, 0.25) is 0 Å². The Balaban J connectivity index is 2.67. The maximum Gasteiger partial charge on any atom is 0.265 e. The van der Waals surface area contributed by atoms with Gasteiger partial charge >= 0.3 is 0 Å². The van der Waals surface area contributed by atoms with Crippen LogP contribution >= 0.6 is 11.9 Å². The molecule has 0 aliphatic carbocycles. The Hall–Kier alpha value is -1.27. The molecule has 0 unspecified atom stereocenters. The third-order valence-corrected chi connectivity index (χ3v) is 3.82. The van der Waals surface area contributed by atoms with Crippen LogP contribution in [0.5, 0.6) is 0 Å². The molecule has 0 saturated carbocycles. The summed E-state index contributed by atoms with van der Waals surface area (Å²) in [6.45, 7) is 3.35. The second kappa shape index (κ2) is 5.16. The minimum Gasteiger partial charge on any atom is -0.363 e. The lowest BCUT2D eigenvalue weighted by molar-refractivity contribution is 0.0842. The molecule has 6 heteroatoms. The van der Waals surface area contributed by atoms with E-state index in [0.717, 1.165) is 0 Å². The largest absolute Gasteiger partial charge is 0.363 e. The fraction of sp³-hybridized carbons (Fsp3) is 0.417. The molecule has 0 radical (unpaired) electrons. The Labute approximate surface area is 112 Å². The van der Waals surface area contributed by atoms with Gasteiger partial charge in [0.2, 0.25) is 0 Å². The lowest BCUT2D eigenvalue weighted by atomic mass is 10.1. The molecule has 0 fully saturated rings. The van der Waals surface area contributed by atoms with Crippen molar-refractivity contribution in [3.63, 3.8) is 0 Å². The number of fused-ring (bicyclic) bond motifs is 1. The molecule has 4 nitrogen and oxygen atoms in total. The van der Waals surface area contributed by atoms with Gasteiger partial charge in [0.05, 0.1) is 11.3 Å². The van der Waals surface area contributed by atoms with E-state index in [1.54, 1.807) is 13.8 Å². The number of methoxy groups -OCH3 is 1. The second-order valence-corrected chi connectivity index (χ2v) is 5.24. The molecule has 0 aromatic heterocycles. The van der Waals surface area contributed by atoms with Crippen molar-refractivity contribution in [3.8, 4) is 0 Å². The van der Waals surface area contributed by atoms with Gasteiger partial charge in [-0.25, -0.2) is 4.39 Å². The molecular weight excluding hydrogens is 255 g/mol. The third-order valence-electron chi connectivity index (χ3n) is 2.57. The van der Waals surface area contributed by atoms with Gasteiger partial charge in [-0.2, -0.15) is 0 Å². The molecule has 1 amide bonds. The average molecular weight is 274 g/mol. The van der Waals surface area contributed by atoms with Crippen molar-refractivity contribution in [2.75, 3.05) is 18.1 Å². The lowest BCUT2D eigenvalue weighted by Crippen LogP contribution is -2.41. The number of nitrogens with zero attached hydrogens (tertiary/aromatic N) is 2. The van der Waals surface area contributed by atoms with E-state index < -0.39 is 23.7 Å². The van der Waals surface area contributed by atoms with Crippen LogP contribution in [-0.4, -0.2) is 32.3 Å². The third kappa shape index (κ3) is 2.18. The van der Waals surface area contributed by atoms with Crippen molar-refractivity contribution in [1.82, 2.24) is 4.31 Å². The maximum absolute atomic E-state index is 14.1. The van der Waals surface area contributed by atoms with Crippen molar-refractivity contribution in [2.24, 2.45) is 0 Å². The van der Waals surface area contributed by atoms with Crippen LogP contribution in [0.1, 0.15) is 24.2 Å². The van der Waals surface area contributed by atoms with Crippen molar-refractivity contribution >= 4 is 23.5 Å². The predicted octanol–water partition coefficient (Wildman–Crippen LogP) is 2.13. The lowest BCUT2D eigenvalue weighted by Gasteiger charge is -2.40. The zero-order valence-corrected chi connectivity index (χ0v) is 11.3. The van der Waals surface area contributed by atoms with E-state index in [1.165, 1.54) is 33.9 Å². The fourth-order valence-electron chi connectivity index (χ4n) is 1.78. The van der Waals surface area contributed by atoms with Gasteiger partial charge in [0, 0.05) is 13.2 Å². The fourth-order valence-corrected chi connectivity index (χ4v) is 2.77. The number of benzene rings is 1. The number of carbonyl (C=O) groups is 1. The topological polar surface area (TPSA) is 32.8 Å². The Morgan fingerprint density at radius 3 is 2.89 bits per heavy atom. The van der Waals surface area contributed by atoms with Crippen LogP contribution < -0.4 is 4.31 Å². The molecule has 0 saturated heterocycles. The minimum absolute atomic E-state index is 0.0174. The molecule has 1 aliphatic heterocycles. The average Bonchev–Trinajstić information content (AvgIpc) is 2.34. The Morgan fingerprint density at radius 1 is 1.56 bits per heavy atom. The van der Waals surface area contributed by atoms with Gasteiger partial charge in [-0.1, -0.05) is 6.07 Å². The van der Waals surface area contributed by atoms with E-state index >= 15 is 0 Å². The molecule has 100 valence electrons. The summed E-state index contributed by atoms with van der Waals surface area (Å²) in [7, 11) is 1.41. The first-order chi connectivity index (χ1) is 9.32. The number of halogens is 1. The quantitative estimate of drug-likeness (QED) is 0.846. The summed E-state index contributed by atoms with van der Waals surface area (Å²) in [6.07, 6.45) is 0. The van der Waals surface area contributed by atoms with Crippen LogP contribution in [-0.2, 0) is 4.74 Å². The number of para-hydroxylation sites is 1. The highest BCUT2D eigenvalue weighted by Gasteiger charge is 2.31. The van der Waals surface area contributed by atoms with E-state index in [-0.39, 0.29) is 24.0 Å². The number of ether oxygens (including phenoxy) is 1. The zero-order valence-electron chi connectivity index (χ0n) is 12.5. The van der Waals surface area contributed by atoms with Crippen molar-refractivity contribution in [2.45, 2.75) is 19.9 Å². The van der Waals surface area contributed by atoms with E-state index in [1.807, 2.05) is 0 Å². The molecule has 18 heavy (non-hydrogen) atoms. The predicted molar refractivity (Wildman–Crippen MR) is 72.4 cm³/mol. The van der Waals surface area contributed by atoms with Gasteiger partial charge < -0.3 is 4.74 Å². The number of hydrogen-bond acceptors (Lipinski definition) is 3. The van der Waals surface area contributed by atoms with Gasteiger partial charge in [-0.05, 0) is 26.0 Å². The smallest absolute Gasteiger partial charge is 0.265 e. The minimum atomic E-state index is -3.16. The number of rotatable bonds is 3. The first kappa shape index (κ1) is 10.6. The summed E-state index contributed by atoms with van der Waals surface area (Å²) in [5, 5.41) is 0. The molecule has 0 bridgehead atoms. The SMILES string of the molecule is [2H]S1([2H])N(COC)c2c(F)cccc2C(=O)N1C(C)C. The van der Waals surface area contributed by atoms with Crippen LogP contribution in [0.15, 0.2) is 18.2 Å². The summed E-state index contributed by atoms with van der Waals surface area (Å²) in [5.74, 6) is -1.10. The number of amides is 1. The van der Waals surface area contributed by atoms with Gasteiger partial charge in [0.1, 0.15) is 14.8 Å². The normalized spacial score (nSPS) is 21.5. The Bertz CT molecular complexity index is 542. The van der Waals surface area contributed by atoms with Crippen LogP contribution in [0.3, 0.4) is 0 Å². The highest BCUT2D eigenvalue weighted by atomic mass is 32.2. The molecule has 0 spiro atoms. The highest BCUT2D eigenvalue weighted by molar-refractivity contribution is 7.99. The van der Waals surface area contributed by atoms with Gasteiger partial charge in [0.15, 0.2) is 0 Å². The van der Waals surface area contributed by atoms with Crippen molar-refractivity contribution in [3.05, 3.63) is 29.6 Å². The van der Waals surface area contributed by atoms with E-state index in [2.05, 4.69) is 0 Å². The highest BCUT2D eigenvalue weighted by Crippen LogP contribution is 2.38. The van der Waals surface area contributed by atoms with Crippen LogP contribution in [0, 0.1) is 5.82 Å². The molecule has 0 atom stereocenters. The summed E-state index contributed by atoms with van der Waals surface area (Å²) in [4.78, 5) is 12.4. The molecule has 1 heterocycles. The monoisotopic (exact) mass is 274 g/mol. The van der Waals surface area contributed by atoms with Crippen molar-refractivity contribution in [1.29, 1.82) is 2.25 Å². The number of hydrogen-bond donors (Lipinski definition) is 0. The van der Waals surface area contributed by atoms with Crippen molar-refractivity contribution < 1.29 is 13.9 Å². The Morgan fingerprint density at radius 2 is 2.28 bits per heavy atom. The molecule has 1 aliphatic rings. The van der Waals surface area contributed by atoms with Gasteiger partial charge in [-0.3, -0.25) is 13.4 Å². The Kier molecular flexibility index (Phi) is 3.05. The standard InChI is InChI=1S/C12H17FN2O2S/c1-8(2)15-12(16)9-5-4-6-10(13)11(9)14(18-15)7-17-3/h4-6,8H,7,18H2,1-3H3/i18D2. The number of anilines is 1. The maximum atomic E-state index is 14.1. The second-order valence-electron chi connectivity index (χ2n) is 4.24. The summed E-state index contributed by atoms with van der Waals surface area (Å²) < 4.78 is 38.0. The molecule has 0 N–H and O–H groups in total. The first-order valence-corrected chi connectivity index (χ1v) is 6.36. The summed E-state index contributed by atoms with van der Waals surface area (Å²) in [6, 6.07) is 3.84. The van der Waals surface area contributed by atoms with Gasteiger partial charge in [0.25, 0.3) is 5.91 Å². The zero-order chi connectivity index (χ0) is 15.1. The summed E-state index contributed by atoms with van der Waals surface area (Å²) in [5.41, 5.74) is 0.148. The number of carbonyl (C=O) groups excluding carboxylic acids is 1. The van der Waals surface area contributed by atoms with E-state index in [9.17, 15) is 9.18 Å².